The van der Waals surface area contributed by atoms with Crippen LogP contribution in [-0.4, -0.2) is 122 Å². The molecular weight excluding hydrogens is 846 g/mol. The van der Waals surface area contributed by atoms with Gasteiger partial charge in [0, 0.05) is 65.0 Å². The summed E-state index contributed by atoms with van der Waals surface area (Å²) in [5, 5.41) is 29.1. The number of likely N-dealkylation sites (N-methyl/N-ethyl adjacent to an activating group) is 1. The number of carbonyl (C=O) groups is 2. The number of nitrogens with zero attached hydrogens (tertiary/aromatic N) is 5. The second-order valence-corrected chi connectivity index (χ2v) is 18.6. The van der Waals surface area contributed by atoms with Crippen LogP contribution in [0.25, 0.3) is 0 Å². The molecule has 59 heavy (non-hydrogen) atoms. The van der Waals surface area contributed by atoms with E-state index in [0.29, 0.717) is 33.4 Å². The molecule has 2 atom stereocenters. The van der Waals surface area contributed by atoms with Crippen molar-refractivity contribution in [2.24, 2.45) is 10.2 Å². The third-order valence-corrected chi connectivity index (χ3v) is 14.2. The average Bonchev–Trinajstić information content (AvgIpc) is 3.23. The van der Waals surface area contributed by atoms with Crippen LogP contribution in [0.1, 0.15) is 45.7 Å². The summed E-state index contributed by atoms with van der Waals surface area (Å²) in [7, 11) is -6.36. The Morgan fingerprint density at radius 1 is 0.695 bits per heavy atom. The molecule has 2 fully saturated rings. The number of hydrogen-bond donors (Lipinski definition) is 4. The maximum absolute atomic E-state index is 14.0. The molecule has 6 rings (SSSR count). The number of carbonyl (C=O) groups excluding carboxylic acids is 2. The lowest BCUT2D eigenvalue weighted by Crippen LogP contribution is -2.61. The van der Waals surface area contributed by atoms with Gasteiger partial charge in [0.05, 0.1) is 40.0 Å². The van der Waals surface area contributed by atoms with Gasteiger partial charge in [-0.2, -0.15) is 18.8 Å². The van der Waals surface area contributed by atoms with E-state index in [9.17, 15) is 36.6 Å². The Labute approximate surface area is 351 Å². The van der Waals surface area contributed by atoms with E-state index in [4.69, 9.17) is 27.9 Å². The van der Waals surface area contributed by atoms with Crippen LogP contribution in [0.2, 0.25) is 10.0 Å². The number of sulfonamides is 2. The number of rotatable bonds is 11. The van der Waals surface area contributed by atoms with Crippen LogP contribution in [0.5, 0.6) is 11.5 Å². The molecule has 20 heteroatoms. The van der Waals surface area contributed by atoms with Crippen molar-refractivity contribution in [1.29, 1.82) is 0 Å². The molecule has 2 aliphatic heterocycles. The number of benzene rings is 4. The Bertz CT molecular complexity index is 2540. The van der Waals surface area contributed by atoms with Crippen LogP contribution in [-0.2, 0) is 24.8 Å². The molecule has 4 aromatic rings. The number of piperazine rings is 1. The number of aromatic hydroxyl groups is 2. The number of nitrogens with one attached hydrogen (secondary N) is 2. The first-order chi connectivity index (χ1) is 27.9. The lowest BCUT2D eigenvalue weighted by molar-refractivity contribution is -0.0602. The number of hydrogen-bond acceptors (Lipinski definition) is 12. The van der Waals surface area contributed by atoms with Crippen LogP contribution >= 0.6 is 23.2 Å². The molecule has 0 radical (unpaired) electrons. The van der Waals surface area contributed by atoms with Crippen LogP contribution in [0.4, 0.5) is 0 Å². The fourth-order valence-electron chi connectivity index (χ4n) is 6.58. The predicted octanol–water partition coefficient (Wildman–Crippen LogP) is 4.11. The molecule has 4 aromatic carbocycles. The summed E-state index contributed by atoms with van der Waals surface area (Å²) in [5.41, 5.74) is 6.18. The van der Waals surface area contributed by atoms with Gasteiger partial charge in [-0.05, 0) is 99.8 Å². The summed E-state index contributed by atoms with van der Waals surface area (Å²) in [6.45, 7) is 3.68. The van der Waals surface area contributed by atoms with Gasteiger partial charge >= 0.3 is 0 Å². The molecule has 2 saturated heterocycles. The molecule has 0 aromatic heterocycles. The summed E-state index contributed by atoms with van der Waals surface area (Å²) >= 11 is 12.0. The summed E-state index contributed by atoms with van der Waals surface area (Å²) < 4.78 is 64.2. The number of halogens is 2. The summed E-state index contributed by atoms with van der Waals surface area (Å²) in [5.74, 6) is -1.43. The van der Waals surface area contributed by atoms with Gasteiger partial charge in [-0.25, -0.2) is 27.7 Å². The van der Waals surface area contributed by atoms with Crippen molar-refractivity contribution in [2.75, 3.05) is 46.4 Å². The fraction of sp³-hybridized carbons (Fsp3) is 0.282. The van der Waals surface area contributed by atoms with Gasteiger partial charge in [0.15, 0.2) is 0 Å². The first-order valence-electron chi connectivity index (χ1n) is 18.1. The van der Waals surface area contributed by atoms with E-state index in [1.54, 1.807) is 13.8 Å². The number of amides is 2. The monoisotopic (exact) mass is 885 g/mol. The van der Waals surface area contributed by atoms with Crippen molar-refractivity contribution < 1.29 is 41.4 Å². The van der Waals surface area contributed by atoms with Gasteiger partial charge in [-0.3, -0.25) is 14.5 Å². The van der Waals surface area contributed by atoms with E-state index in [0.717, 1.165) is 0 Å². The van der Waals surface area contributed by atoms with Crippen molar-refractivity contribution in [1.82, 2.24) is 24.4 Å². The summed E-state index contributed by atoms with van der Waals surface area (Å²) in [6, 6.07) is 19.2. The second-order valence-electron chi connectivity index (χ2n) is 13.8. The Morgan fingerprint density at radius 3 is 1.83 bits per heavy atom. The van der Waals surface area contributed by atoms with Crippen LogP contribution in [0, 0.1) is 0 Å². The third-order valence-electron chi connectivity index (χ3n) is 9.98. The number of morpholine rings is 1. The highest BCUT2D eigenvalue weighted by Crippen LogP contribution is 2.27. The van der Waals surface area contributed by atoms with Crippen molar-refractivity contribution in [2.45, 2.75) is 35.8 Å². The molecule has 2 unspecified atom stereocenters. The van der Waals surface area contributed by atoms with Crippen molar-refractivity contribution in [3.63, 3.8) is 0 Å². The van der Waals surface area contributed by atoms with E-state index in [1.807, 2.05) is 11.9 Å². The lowest BCUT2D eigenvalue weighted by atomic mass is 10.1. The topological polar surface area (TPSA) is 211 Å². The van der Waals surface area contributed by atoms with Crippen LogP contribution in [0.15, 0.2) is 105 Å². The van der Waals surface area contributed by atoms with E-state index in [-0.39, 0.29) is 70.9 Å². The largest absolute Gasteiger partial charge is 0.507 e. The number of phenolic OH excluding ortho intramolecular Hbond substituents is 2. The highest BCUT2D eigenvalue weighted by Gasteiger charge is 2.41. The molecule has 312 valence electrons. The Morgan fingerprint density at radius 2 is 1.24 bits per heavy atom. The average molecular weight is 887 g/mol. The summed E-state index contributed by atoms with van der Waals surface area (Å²) in [4.78, 5) is 27.6. The molecular formula is C39H41Cl2N7O9S2. The van der Waals surface area contributed by atoms with E-state index in [2.05, 4.69) is 21.1 Å². The predicted molar refractivity (Wildman–Crippen MR) is 222 cm³/mol. The molecule has 0 saturated carbocycles. The molecule has 0 bridgehead atoms. The van der Waals surface area contributed by atoms with Crippen LogP contribution < -0.4 is 10.9 Å². The van der Waals surface area contributed by atoms with Crippen LogP contribution in [0.3, 0.4) is 0 Å². The van der Waals surface area contributed by atoms with Gasteiger partial charge in [0.25, 0.3) is 11.8 Å². The van der Waals surface area contributed by atoms with Gasteiger partial charge in [-0.1, -0.05) is 29.3 Å². The van der Waals surface area contributed by atoms with Gasteiger partial charge in [-0.15, -0.1) is 0 Å². The van der Waals surface area contributed by atoms with E-state index < -0.39 is 44.0 Å². The van der Waals surface area contributed by atoms with E-state index >= 15 is 0 Å². The van der Waals surface area contributed by atoms with Crippen molar-refractivity contribution in [3.05, 3.63) is 117 Å². The molecule has 0 aliphatic carbocycles. The highest BCUT2D eigenvalue weighted by molar-refractivity contribution is 7.89. The SMILES string of the molecule is CC(=NNC(=O)c1ccc(S(=O)(=O)N2CCOC(C3CN(S(=O)(=O)c4cccc(C(=O)NN=C(C)c5cc(Cl)ccc5O)c4)CCN3C)C2)cc1)c1cc(Cl)ccc1O. The first kappa shape index (κ1) is 43.7. The summed E-state index contributed by atoms with van der Waals surface area (Å²) in [6.07, 6.45) is -0.691. The second kappa shape index (κ2) is 18.1. The zero-order chi connectivity index (χ0) is 42.6. The lowest BCUT2D eigenvalue weighted by Gasteiger charge is -2.44. The number of hydrazone groups is 2. The third kappa shape index (κ3) is 9.93. The fourth-order valence-corrected chi connectivity index (χ4v) is 9.86. The Kier molecular flexibility index (Phi) is 13.4. The molecule has 0 spiro atoms. The smallest absolute Gasteiger partial charge is 0.271 e. The molecule has 4 N–H and O–H groups in total. The quantitative estimate of drug-likeness (QED) is 0.125. The first-order valence-corrected chi connectivity index (χ1v) is 21.8. The zero-order valence-electron chi connectivity index (χ0n) is 32.0. The minimum atomic E-state index is -4.12. The normalized spacial score (nSPS) is 19.0. The minimum absolute atomic E-state index is 0.0108. The maximum atomic E-state index is 14.0. The van der Waals surface area contributed by atoms with Crippen molar-refractivity contribution in [3.8, 4) is 11.5 Å². The van der Waals surface area contributed by atoms with Gasteiger partial charge in [0.1, 0.15) is 11.5 Å². The Hall–Kier alpha value is -4.92. The maximum Gasteiger partial charge on any atom is 0.271 e. The van der Waals surface area contributed by atoms with Gasteiger partial charge < -0.3 is 14.9 Å². The number of ether oxygens (including phenoxy) is 1. The minimum Gasteiger partial charge on any atom is -0.507 e. The highest BCUT2D eigenvalue weighted by atomic mass is 35.5. The van der Waals surface area contributed by atoms with E-state index in [1.165, 1.54) is 93.5 Å². The molecule has 2 aliphatic rings. The standard InChI is InChI=1S/C39H41Cl2N7O9S2/c1-24(32-20-28(40)9-13-35(32)49)42-44-38(51)26-7-11-30(12-8-26)58(53,54)48-17-18-57-37(23-48)34-22-47(16-15-46(34)3)59(55,56)31-6-4-5-27(19-31)39(52)45-43-25(2)33-21-29(41)10-14-36(33)50/h4-14,19-21,34,37,49-50H,15-18,22-23H2,1-3H3,(H,44,51)(H,45,52). The number of phenols is 2. The van der Waals surface area contributed by atoms with Gasteiger partial charge in [0.2, 0.25) is 20.0 Å². The molecule has 2 heterocycles. The Balaban J connectivity index is 1.10. The van der Waals surface area contributed by atoms with Crippen molar-refractivity contribution >= 4 is 66.5 Å². The zero-order valence-corrected chi connectivity index (χ0v) is 35.2. The molecule has 16 nitrogen and oxygen atoms in total. The molecule has 2 amide bonds.